The van der Waals surface area contributed by atoms with Crippen molar-refractivity contribution in [2.24, 2.45) is 0 Å². The molecule has 0 spiro atoms. The van der Waals surface area contributed by atoms with E-state index in [1.165, 1.54) is 32.7 Å². The van der Waals surface area contributed by atoms with Crippen molar-refractivity contribution in [3.63, 3.8) is 0 Å². The van der Waals surface area contributed by atoms with Crippen LogP contribution in [0.3, 0.4) is 0 Å². The number of benzene rings is 1. The van der Waals surface area contributed by atoms with E-state index in [1.807, 2.05) is 18.2 Å². The molecule has 1 N–H and O–H groups in total. The van der Waals surface area contributed by atoms with Gasteiger partial charge in [0.05, 0.1) is 0 Å². The van der Waals surface area contributed by atoms with Crippen LogP contribution in [0.1, 0.15) is 6.92 Å². The second-order valence-corrected chi connectivity index (χ2v) is 5.15. The van der Waals surface area contributed by atoms with Gasteiger partial charge in [0.2, 0.25) is 0 Å². The van der Waals surface area contributed by atoms with Crippen molar-refractivity contribution in [1.29, 1.82) is 0 Å². The molecule has 0 unspecified atom stereocenters. The number of rotatable bonds is 5. The summed E-state index contributed by atoms with van der Waals surface area (Å²) in [6.07, 6.45) is 0. The minimum Gasteiger partial charge on any atom is -0.384 e. The maximum absolute atomic E-state index is 5.95. The van der Waals surface area contributed by atoms with Gasteiger partial charge in [0.1, 0.15) is 0 Å². The lowest BCUT2D eigenvalue weighted by atomic mass is 10.3. The fourth-order valence-electron chi connectivity index (χ4n) is 2.29. The van der Waals surface area contributed by atoms with Gasteiger partial charge in [-0.05, 0) is 24.7 Å². The summed E-state index contributed by atoms with van der Waals surface area (Å²) in [5.41, 5.74) is 1.11. The van der Waals surface area contributed by atoms with Crippen LogP contribution in [-0.4, -0.2) is 55.6 Å². The quantitative estimate of drug-likeness (QED) is 0.884. The first-order valence-corrected chi connectivity index (χ1v) is 7.10. The molecule has 1 fully saturated rings. The van der Waals surface area contributed by atoms with Crippen LogP contribution in [0.5, 0.6) is 0 Å². The Morgan fingerprint density at radius 1 is 1.17 bits per heavy atom. The molecule has 0 bridgehead atoms. The average molecular weight is 268 g/mol. The first kappa shape index (κ1) is 13.7. The van der Waals surface area contributed by atoms with Crippen LogP contribution in [0.25, 0.3) is 0 Å². The number of hydrogen-bond donors (Lipinski definition) is 1. The molecule has 2 rings (SSSR count). The fourth-order valence-corrected chi connectivity index (χ4v) is 2.48. The number of halogens is 1. The predicted octanol–water partition coefficient (Wildman–Crippen LogP) is 2.39. The third-order valence-corrected chi connectivity index (χ3v) is 3.73. The van der Waals surface area contributed by atoms with Crippen LogP contribution in [0, 0.1) is 0 Å². The number of nitrogens with one attached hydrogen (secondary N) is 1. The summed E-state index contributed by atoms with van der Waals surface area (Å²) in [5.74, 6) is 0. The summed E-state index contributed by atoms with van der Waals surface area (Å²) in [7, 11) is 0. The topological polar surface area (TPSA) is 18.5 Å². The molecule has 0 saturated carbocycles. The maximum atomic E-state index is 5.95. The van der Waals surface area contributed by atoms with Crippen LogP contribution in [-0.2, 0) is 0 Å². The van der Waals surface area contributed by atoms with Gasteiger partial charge in [-0.25, -0.2) is 0 Å². The van der Waals surface area contributed by atoms with Crippen molar-refractivity contribution in [3.8, 4) is 0 Å². The Kier molecular flexibility index (Phi) is 5.29. The van der Waals surface area contributed by atoms with E-state index in [-0.39, 0.29) is 0 Å². The van der Waals surface area contributed by atoms with Gasteiger partial charge in [0, 0.05) is 50.0 Å². The molecule has 0 aromatic heterocycles. The van der Waals surface area contributed by atoms with E-state index in [0.29, 0.717) is 0 Å². The Balaban J connectivity index is 1.67. The summed E-state index contributed by atoms with van der Waals surface area (Å²) in [6.45, 7) is 10.3. The summed E-state index contributed by atoms with van der Waals surface area (Å²) in [5, 5.41) is 4.21. The zero-order valence-electron chi connectivity index (χ0n) is 11.0. The average Bonchev–Trinajstić information content (AvgIpc) is 2.40. The number of piperazine rings is 1. The first-order chi connectivity index (χ1) is 8.78. The van der Waals surface area contributed by atoms with Crippen molar-refractivity contribution in [2.45, 2.75) is 6.92 Å². The Labute approximate surface area is 115 Å². The van der Waals surface area contributed by atoms with Crippen LogP contribution in [0.2, 0.25) is 5.02 Å². The van der Waals surface area contributed by atoms with Crippen LogP contribution in [0.4, 0.5) is 5.69 Å². The van der Waals surface area contributed by atoms with Crippen molar-refractivity contribution < 1.29 is 0 Å². The lowest BCUT2D eigenvalue weighted by Crippen LogP contribution is -2.47. The van der Waals surface area contributed by atoms with Gasteiger partial charge in [-0.15, -0.1) is 0 Å². The smallest absolute Gasteiger partial charge is 0.0426 e. The van der Waals surface area contributed by atoms with Crippen LogP contribution in [0.15, 0.2) is 24.3 Å². The van der Waals surface area contributed by atoms with E-state index in [4.69, 9.17) is 11.6 Å². The zero-order valence-corrected chi connectivity index (χ0v) is 11.8. The lowest BCUT2D eigenvalue weighted by Gasteiger charge is -2.34. The number of likely N-dealkylation sites (N-methyl/N-ethyl adjacent to an activating group) is 1. The molecule has 0 aliphatic carbocycles. The molecular weight excluding hydrogens is 246 g/mol. The van der Waals surface area contributed by atoms with E-state index in [1.54, 1.807) is 0 Å². The van der Waals surface area contributed by atoms with Gasteiger partial charge in [0.15, 0.2) is 0 Å². The molecule has 3 nitrogen and oxygen atoms in total. The normalized spacial score (nSPS) is 17.9. The molecule has 1 saturated heterocycles. The standard InChI is InChI=1S/C14H22ClN3/c1-2-17-8-10-18(11-9-17)7-6-16-14-5-3-4-13(15)12-14/h3-5,12,16H,2,6-11H2,1H3. The predicted molar refractivity (Wildman–Crippen MR) is 78.5 cm³/mol. The van der Waals surface area contributed by atoms with Gasteiger partial charge in [-0.3, -0.25) is 4.90 Å². The van der Waals surface area contributed by atoms with Gasteiger partial charge in [-0.1, -0.05) is 24.6 Å². The highest BCUT2D eigenvalue weighted by molar-refractivity contribution is 6.30. The van der Waals surface area contributed by atoms with Gasteiger partial charge in [0.25, 0.3) is 0 Å². The zero-order chi connectivity index (χ0) is 12.8. The van der Waals surface area contributed by atoms with Gasteiger partial charge in [-0.2, -0.15) is 0 Å². The molecule has 0 radical (unpaired) electrons. The van der Waals surface area contributed by atoms with E-state index in [2.05, 4.69) is 28.1 Å². The largest absolute Gasteiger partial charge is 0.384 e. The van der Waals surface area contributed by atoms with Crippen molar-refractivity contribution in [1.82, 2.24) is 9.80 Å². The van der Waals surface area contributed by atoms with Crippen molar-refractivity contribution in [3.05, 3.63) is 29.3 Å². The number of anilines is 1. The minimum absolute atomic E-state index is 0.788. The molecule has 0 atom stereocenters. The number of nitrogens with zero attached hydrogens (tertiary/aromatic N) is 2. The van der Waals surface area contributed by atoms with Crippen LogP contribution < -0.4 is 5.32 Å². The van der Waals surface area contributed by atoms with E-state index in [9.17, 15) is 0 Å². The molecule has 1 heterocycles. The second-order valence-electron chi connectivity index (χ2n) is 4.71. The molecule has 100 valence electrons. The molecule has 1 aromatic rings. The molecule has 1 aromatic carbocycles. The third-order valence-electron chi connectivity index (χ3n) is 3.49. The van der Waals surface area contributed by atoms with Crippen LogP contribution >= 0.6 is 11.6 Å². The summed E-state index contributed by atoms with van der Waals surface area (Å²) in [4.78, 5) is 5.02. The Morgan fingerprint density at radius 2 is 1.89 bits per heavy atom. The van der Waals surface area contributed by atoms with Crippen molar-refractivity contribution in [2.75, 3.05) is 51.1 Å². The second kappa shape index (κ2) is 6.98. The Bertz CT molecular complexity index is 362. The Morgan fingerprint density at radius 3 is 2.56 bits per heavy atom. The summed E-state index contributed by atoms with van der Waals surface area (Å²) in [6, 6.07) is 7.90. The maximum Gasteiger partial charge on any atom is 0.0426 e. The molecule has 1 aliphatic rings. The van der Waals surface area contributed by atoms with E-state index >= 15 is 0 Å². The molecule has 4 heteroatoms. The van der Waals surface area contributed by atoms with E-state index in [0.717, 1.165) is 23.8 Å². The van der Waals surface area contributed by atoms with Crippen molar-refractivity contribution >= 4 is 17.3 Å². The summed E-state index contributed by atoms with van der Waals surface area (Å²) < 4.78 is 0. The molecule has 1 aliphatic heterocycles. The Hall–Kier alpha value is -0.770. The minimum atomic E-state index is 0.788. The van der Waals surface area contributed by atoms with Gasteiger partial charge < -0.3 is 10.2 Å². The number of hydrogen-bond acceptors (Lipinski definition) is 3. The van der Waals surface area contributed by atoms with Gasteiger partial charge >= 0.3 is 0 Å². The third kappa shape index (κ3) is 4.16. The highest BCUT2D eigenvalue weighted by Gasteiger charge is 2.14. The first-order valence-electron chi connectivity index (χ1n) is 6.72. The monoisotopic (exact) mass is 267 g/mol. The highest BCUT2D eigenvalue weighted by Crippen LogP contribution is 2.14. The highest BCUT2D eigenvalue weighted by atomic mass is 35.5. The fraction of sp³-hybridized carbons (Fsp3) is 0.571. The molecule has 0 amide bonds. The molecular formula is C14H22ClN3. The molecule has 18 heavy (non-hydrogen) atoms. The summed E-state index contributed by atoms with van der Waals surface area (Å²) >= 11 is 5.95. The SMILES string of the molecule is CCN1CCN(CCNc2cccc(Cl)c2)CC1. The van der Waals surface area contributed by atoms with E-state index < -0.39 is 0 Å². The lowest BCUT2D eigenvalue weighted by molar-refractivity contribution is 0.141.